The fourth-order valence-electron chi connectivity index (χ4n) is 2.41. The van der Waals surface area contributed by atoms with Crippen molar-refractivity contribution >= 4 is 11.6 Å². The molecule has 0 N–H and O–H groups in total. The third-order valence-electron chi connectivity index (χ3n) is 3.67. The van der Waals surface area contributed by atoms with E-state index in [9.17, 15) is 26.3 Å². The first kappa shape index (κ1) is 21.7. The molecular weight excluding hydrogens is 442 g/mol. The molecule has 0 amide bonds. The molecule has 0 atom stereocenters. The number of hydrogen-bond acceptors (Lipinski definition) is 5. The average molecular weight is 453 g/mol. The summed E-state index contributed by atoms with van der Waals surface area (Å²) in [6, 6.07) is 6.04. The lowest BCUT2D eigenvalue weighted by molar-refractivity contribution is -0.275. The highest BCUT2D eigenvalue weighted by molar-refractivity contribution is 6.28. The molecule has 3 rings (SSSR count). The van der Waals surface area contributed by atoms with Crippen LogP contribution in [0.5, 0.6) is 11.6 Å². The van der Waals surface area contributed by atoms with Crippen molar-refractivity contribution in [2.45, 2.75) is 19.1 Å². The van der Waals surface area contributed by atoms with Gasteiger partial charge in [0.15, 0.2) is 5.69 Å². The van der Waals surface area contributed by atoms with Gasteiger partial charge in [0.2, 0.25) is 11.0 Å². The van der Waals surface area contributed by atoms with Crippen molar-refractivity contribution < 1.29 is 35.8 Å². The molecule has 0 saturated carbocycles. The van der Waals surface area contributed by atoms with E-state index in [4.69, 9.17) is 16.3 Å². The Morgan fingerprint density at radius 1 is 1.03 bits per heavy atom. The van der Waals surface area contributed by atoms with Crippen molar-refractivity contribution in [1.29, 1.82) is 0 Å². The van der Waals surface area contributed by atoms with Gasteiger partial charge in [0.25, 0.3) is 5.88 Å². The van der Waals surface area contributed by atoms with E-state index in [1.54, 1.807) is 0 Å². The summed E-state index contributed by atoms with van der Waals surface area (Å²) in [6.07, 6.45) is -7.96. The van der Waals surface area contributed by atoms with Crippen LogP contribution in [0.3, 0.4) is 0 Å². The van der Waals surface area contributed by atoms with E-state index < -0.39 is 29.9 Å². The molecule has 13 heteroatoms. The Morgan fingerprint density at radius 3 is 2.27 bits per heavy atom. The molecule has 2 heterocycles. The summed E-state index contributed by atoms with van der Waals surface area (Å²) in [5.41, 5.74) is -0.120. The quantitative estimate of drug-likeness (QED) is 0.401. The van der Waals surface area contributed by atoms with Crippen molar-refractivity contribution in [1.82, 2.24) is 19.5 Å². The van der Waals surface area contributed by atoms with E-state index >= 15 is 0 Å². The molecule has 1 aromatic carbocycles. The smallest absolute Gasteiger partial charge is 0.470 e. The summed E-state index contributed by atoms with van der Waals surface area (Å²) in [6.45, 7) is -0.212. The van der Waals surface area contributed by atoms with Crippen molar-refractivity contribution in [2.24, 2.45) is 7.05 Å². The highest BCUT2D eigenvalue weighted by atomic mass is 35.5. The Kier molecular flexibility index (Phi) is 5.79. The van der Waals surface area contributed by atoms with Gasteiger partial charge in [-0.05, 0) is 17.2 Å². The number of nitrogens with zero attached hydrogens (tertiary/aromatic N) is 4. The SMILES string of the molecule is Cn1cc(C(F)(F)F)nc1-c1ccc(COc2nc(Cl)ncc2OC(F)(F)F)cc1. The molecular formula is C17H11ClF6N4O2. The van der Waals surface area contributed by atoms with Crippen molar-refractivity contribution in [3.8, 4) is 23.0 Å². The zero-order chi connectivity index (χ0) is 22.1. The number of aryl methyl sites for hydroxylation is 1. The minimum absolute atomic E-state index is 0.0956. The largest absolute Gasteiger partial charge is 0.573 e. The fraction of sp³-hybridized carbons (Fsp3) is 0.235. The number of halogens is 7. The molecule has 2 aromatic heterocycles. The fourth-order valence-corrected chi connectivity index (χ4v) is 2.53. The Balaban J connectivity index is 1.75. The lowest BCUT2D eigenvalue weighted by Crippen LogP contribution is -2.18. The van der Waals surface area contributed by atoms with Crippen LogP contribution in [0.25, 0.3) is 11.4 Å². The maximum Gasteiger partial charge on any atom is 0.573 e. The van der Waals surface area contributed by atoms with Gasteiger partial charge in [-0.1, -0.05) is 24.3 Å². The van der Waals surface area contributed by atoms with Gasteiger partial charge in [-0.25, -0.2) is 9.97 Å². The highest BCUT2D eigenvalue weighted by Crippen LogP contribution is 2.32. The van der Waals surface area contributed by atoms with Crippen LogP contribution in [0, 0.1) is 0 Å². The third kappa shape index (κ3) is 5.32. The van der Waals surface area contributed by atoms with Crippen LogP contribution < -0.4 is 9.47 Å². The maximum atomic E-state index is 12.8. The predicted octanol–water partition coefficient (Wildman–Crippen LogP) is 5.03. The van der Waals surface area contributed by atoms with E-state index in [1.165, 1.54) is 35.9 Å². The molecule has 0 aliphatic rings. The molecule has 0 aliphatic heterocycles. The zero-order valence-electron chi connectivity index (χ0n) is 14.9. The molecule has 3 aromatic rings. The molecule has 0 radical (unpaired) electrons. The minimum Gasteiger partial charge on any atom is -0.470 e. The van der Waals surface area contributed by atoms with Gasteiger partial charge in [-0.3, -0.25) is 0 Å². The van der Waals surface area contributed by atoms with Gasteiger partial charge in [-0.15, -0.1) is 13.2 Å². The molecule has 0 bridgehead atoms. The number of imidazole rings is 1. The molecule has 0 aliphatic carbocycles. The summed E-state index contributed by atoms with van der Waals surface area (Å²) >= 11 is 5.58. The number of benzene rings is 1. The first-order valence-electron chi connectivity index (χ1n) is 8.03. The maximum absolute atomic E-state index is 12.8. The predicted molar refractivity (Wildman–Crippen MR) is 91.7 cm³/mol. The molecule has 6 nitrogen and oxygen atoms in total. The monoisotopic (exact) mass is 452 g/mol. The van der Waals surface area contributed by atoms with E-state index in [0.717, 1.165) is 12.4 Å². The molecule has 30 heavy (non-hydrogen) atoms. The van der Waals surface area contributed by atoms with E-state index in [-0.39, 0.29) is 17.7 Å². The summed E-state index contributed by atoms with van der Waals surface area (Å²) in [7, 11) is 1.43. The number of hydrogen-bond donors (Lipinski definition) is 0. The van der Waals surface area contributed by atoms with E-state index in [1.807, 2.05) is 0 Å². The molecule has 0 unspecified atom stereocenters. The Hall–Kier alpha value is -3.02. The second-order valence-electron chi connectivity index (χ2n) is 5.90. The van der Waals surface area contributed by atoms with Gasteiger partial charge >= 0.3 is 12.5 Å². The van der Waals surface area contributed by atoms with Gasteiger partial charge in [0.05, 0.1) is 6.20 Å². The lowest BCUT2D eigenvalue weighted by Gasteiger charge is -2.13. The van der Waals surface area contributed by atoms with Crippen LogP contribution in [0.1, 0.15) is 11.3 Å². The molecule has 0 spiro atoms. The van der Waals surface area contributed by atoms with Crippen LogP contribution in [0.15, 0.2) is 36.7 Å². The molecule has 0 saturated heterocycles. The number of rotatable bonds is 5. The third-order valence-corrected chi connectivity index (χ3v) is 3.86. The van der Waals surface area contributed by atoms with Crippen molar-refractivity contribution in [3.63, 3.8) is 0 Å². The van der Waals surface area contributed by atoms with Crippen molar-refractivity contribution in [2.75, 3.05) is 0 Å². The Bertz CT molecular complexity index is 1030. The molecule has 160 valence electrons. The summed E-state index contributed by atoms with van der Waals surface area (Å²) in [5, 5.41) is -0.342. The topological polar surface area (TPSA) is 62.1 Å². The second-order valence-corrected chi connectivity index (χ2v) is 6.24. The van der Waals surface area contributed by atoms with Crippen LogP contribution in [0.2, 0.25) is 5.28 Å². The first-order valence-corrected chi connectivity index (χ1v) is 8.41. The summed E-state index contributed by atoms with van der Waals surface area (Å²) in [5.74, 6) is -1.19. The lowest BCUT2D eigenvalue weighted by atomic mass is 10.1. The van der Waals surface area contributed by atoms with Crippen molar-refractivity contribution in [3.05, 3.63) is 53.2 Å². The number of aromatic nitrogens is 4. The highest BCUT2D eigenvalue weighted by Gasteiger charge is 2.35. The number of alkyl halides is 6. The van der Waals surface area contributed by atoms with Crippen LogP contribution >= 0.6 is 11.6 Å². The van der Waals surface area contributed by atoms with Crippen LogP contribution in [-0.2, 0) is 19.8 Å². The Morgan fingerprint density at radius 2 is 1.70 bits per heavy atom. The number of ether oxygens (including phenoxy) is 2. The van der Waals surface area contributed by atoms with E-state index in [2.05, 4.69) is 19.7 Å². The van der Waals surface area contributed by atoms with Gasteiger partial charge in [-0.2, -0.15) is 18.2 Å². The average Bonchev–Trinajstić information content (AvgIpc) is 3.03. The summed E-state index contributed by atoms with van der Waals surface area (Å²) in [4.78, 5) is 10.6. The first-order chi connectivity index (χ1) is 13.9. The van der Waals surface area contributed by atoms with Crippen LogP contribution in [-0.4, -0.2) is 25.9 Å². The normalized spacial score (nSPS) is 12.1. The second kappa shape index (κ2) is 8.01. The van der Waals surface area contributed by atoms with Gasteiger partial charge in [0, 0.05) is 18.8 Å². The van der Waals surface area contributed by atoms with Crippen LogP contribution in [0.4, 0.5) is 26.3 Å². The Labute approximate surface area is 170 Å². The minimum atomic E-state index is -4.98. The summed E-state index contributed by atoms with van der Waals surface area (Å²) < 4.78 is 86.0. The van der Waals surface area contributed by atoms with Gasteiger partial charge in [0.1, 0.15) is 12.4 Å². The molecule has 0 fully saturated rings. The van der Waals surface area contributed by atoms with Gasteiger partial charge < -0.3 is 14.0 Å². The standard InChI is InChI=1S/C17H11ClF6N4O2/c1-28-7-12(16(19,20)21)26-13(28)10-4-2-9(3-5-10)8-29-14-11(30-17(22,23)24)6-25-15(18)27-14/h2-7H,8H2,1H3. The van der Waals surface area contributed by atoms with E-state index in [0.29, 0.717) is 11.1 Å². The zero-order valence-corrected chi connectivity index (χ0v) is 15.7.